The molecule has 7 heteroatoms. The van der Waals surface area contributed by atoms with E-state index in [9.17, 15) is 13.2 Å². The molecule has 0 aliphatic carbocycles. The van der Waals surface area contributed by atoms with Gasteiger partial charge in [0.05, 0.1) is 11.5 Å². The van der Waals surface area contributed by atoms with E-state index in [1.165, 1.54) is 0 Å². The highest BCUT2D eigenvalue weighted by atomic mass is 32.2. The first-order chi connectivity index (χ1) is 10.3. The molecule has 2 N–H and O–H groups in total. The van der Waals surface area contributed by atoms with E-state index < -0.39 is 10.0 Å². The number of ether oxygens (including phenoxy) is 1. The molecule has 1 rings (SSSR count). The van der Waals surface area contributed by atoms with Crippen molar-refractivity contribution in [2.45, 2.75) is 38.1 Å². The molecule has 0 heterocycles. The number of hydrogen-bond donors (Lipinski definition) is 2. The van der Waals surface area contributed by atoms with Crippen LogP contribution in [0.5, 0.6) is 0 Å². The van der Waals surface area contributed by atoms with E-state index in [-0.39, 0.29) is 29.8 Å². The standard InChI is InChI=1S/C15H24N2O4S/c1-11-5-6-12(2)14(9-11)22(19,20)16-8-7-15(18)17-13(3)10-21-4/h5-6,9,13,16H,7-8,10H2,1-4H3,(H,17,18). The van der Waals surface area contributed by atoms with E-state index in [0.29, 0.717) is 12.2 Å². The molecule has 6 nitrogen and oxygen atoms in total. The fourth-order valence-corrected chi connectivity index (χ4v) is 3.37. The van der Waals surface area contributed by atoms with Crippen LogP contribution in [0.1, 0.15) is 24.5 Å². The smallest absolute Gasteiger partial charge is 0.240 e. The first-order valence-corrected chi connectivity index (χ1v) is 8.60. The van der Waals surface area contributed by atoms with Gasteiger partial charge in [-0.25, -0.2) is 13.1 Å². The van der Waals surface area contributed by atoms with Crippen LogP contribution in [0.3, 0.4) is 0 Å². The number of rotatable bonds is 8. The molecule has 22 heavy (non-hydrogen) atoms. The Kier molecular flexibility index (Phi) is 6.99. The normalized spacial score (nSPS) is 12.9. The summed E-state index contributed by atoms with van der Waals surface area (Å²) < 4.78 is 31.9. The minimum atomic E-state index is -3.60. The zero-order valence-electron chi connectivity index (χ0n) is 13.5. The molecule has 0 spiro atoms. The monoisotopic (exact) mass is 328 g/mol. The second-order valence-electron chi connectivity index (χ2n) is 5.34. The zero-order valence-corrected chi connectivity index (χ0v) is 14.3. The number of nitrogens with one attached hydrogen (secondary N) is 2. The quantitative estimate of drug-likeness (QED) is 0.749. The summed E-state index contributed by atoms with van der Waals surface area (Å²) in [6, 6.07) is 5.15. The summed E-state index contributed by atoms with van der Waals surface area (Å²) in [5.74, 6) is -0.215. The highest BCUT2D eigenvalue weighted by molar-refractivity contribution is 7.89. The summed E-state index contributed by atoms with van der Waals surface area (Å²) in [5, 5.41) is 2.73. The minimum absolute atomic E-state index is 0.0568. The molecule has 124 valence electrons. The molecule has 1 atom stereocenters. The predicted molar refractivity (Wildman–Crippen MR) is 85.2 cm³/mol. The number of amides is 1. The summed E-state index contributed by atoms with van der Waals surface area (Å²) >= 11 is 0. The number of hydrogen-bond acceptors (Lipinski definition) is 4. The molecule has 1 aromatic carbocycles. The number of benzene rings is 1. The van der Waals surface area contributed by atoms with Crippen molar-refractivity contribution in [1.82, 2.24) is 10.0 Å². The Morgan fingerprint density at radius 3 is 2.64 bits per heavy atom. The largest absolute Gasteiger partial charge is 0.383 e. The van der Waals surface area contributed by atoms with Crippen molar-refractivity contribution in [3.05, 3.63) is 29.3 Å². The Morgan fingerprint density at radius 2 is 2.00 bits per heavy atom. The second kappa shape index (κ2) is 8.26. The first-order valence-electron chi connectivity index (χ1n) is 7.11. The Hall–Kier alpha value is -1.44. The van der Waals surface area contributed by atoms with E-state index in [2.05, 4.69) is 10.0 Å². The van der Waals surface area contributed by atoms with Crippen LogP contribution >= 0.6 is 0 Å². The van der Waals surface area contributed by atoms with Crippen LogP contribution in [0.25, 0.3) is 0 Å². The Labute approximate surface area is 132 Å². The molecular weight excluding hydrogens is 304 g/mol. The third kappa shape index (κ3) is 5.75. The lowest BCUT2D eigenvalue weighted by atomic mass is 10.2. The van der Waals surface area contributed by atoms with Crippen LogP contribution in [0.4, 0.5) is 0 Å². The first kappa shape index (κ1) is 18.6. The number of sulfonamides is 1. The molecule has 0 bridgehead atoms. The van der Waals surface area contributed by atoms with Crippen molar-refractivity contribution in [3.63, 3.8) is 0 Å². The van der Waals surface area contributed by atoms with E-state index in [0.717, 1.165) is 5.56 Å². The van der Waals surface area contributed by atoms with Gasteiger partial charge >= 0.3 is 0 Å². The van der Waals surface area contributed by atoms with Crippen molar-refractivity contribution in [2.75, 3.05) is 20.3 Å². The lowest BCUT2D eigenvalue weighted by Gasteiger charge is -2.13. The lowest BCUT2D eigenvalue weighted by Crippen LogP contribution is -2.37. The average molecular weight is 328 g/mol. The molecular formula is C15H24N2O4S. The number of carbonyl (C=O) groups excluding carboxylic acids is 1. The summed E-state index contributed by atoms with van der Waals surface area (Å²) in [6.07, 6.45) is 0.0815. The maximum atomic E-state index is 12.2. The average Bonchev–Trinajstić information content (AvgIpc) is 2.41. The summed E-state index contributed by atoms with van der Waals surface area (Å²) in [6.45, 7) is 5.87. The van der Waals surface area contributed by atoms with Crippen molar-refractivity contribution in [1.29, 1.82) is 0 Å². The van der Waals surface area contributed by atoms with Crippen LogP contribution in [0.15, 0.2) is 23.1 Å². The van der Waals surface area contributed by atoms with Crippen LogP contribution in [-0.4, -0.2) is 40.6 Å². The van der Waals surface area contributed by atoms with E-state index in [4.69, 9.17) is 4.74 Å². The van der Waals surface area contributed by atoms with Gasteiger partial charge in [0, 0.05) is 26.1 Å². The van der Waals surface area contributed by atoms with Gasteiger partial charge in [-0.1, -0.05) is 12.1 Å². The number of aryl methyl sites for hydroxylation is 2. The van der Waals surface area contributed by atoms with Gasteiger partial charge in [-0.05, 0) is 38.0 Å². The molecule has 0 saturated carbocycles. The van der Waals surface area contributed by atoms with Gasteiger partial charge in [0.25, 0.3) is 0 Å². The SMILES string of the molecule is COCC(C)NC(=O)CCNS(=O)(=O)c1cc(C)ccc1C. The highest BCUT2D eigenvalue weighted by Crippen LogP contribution is 2.16. The predicted octanol–water partition coefficient (Wildman–Crippen LogP) is 1.12. The van der Waals surface area contributed by atoms with Crippen LogP contribution in [-0.2, 0) is 19.6 Å². The second-order valence-corrected chi connectivity index (χ2v) is 7.08. The van der Waals surface area contributed by atoms with Gasteiger partial charge in [-0.3, -0.25) is 4.79 Å². The number of carbonyl (C=O) groups is 1. The maximum absolute atomic E-state index is 12.2. The molecule has 0 saturated heterocycles. The van der Waals surface area contributed by atoms with Crippen molar-refractivity contribution in [2.24, 2.45) is 0 Å². The number of methoxy groups -OCH3 is 1. The molecule has 0 aliphatic heterocycles. The summed E-state index contributed by atoms with van der Waals surface area (Å²) in [7, 11) is -2.05. The fourth-order valence-electron chi connectivity index (χ4n) is 2.01. The fraction of sp³-hybridized carbons (Fsp3) is 0.533. The van der Waals surface area contributed by atoms with Gasteiger partial charge in [-0.2, -0.15) is 0 Å². The maximum Gasteiger partial charge on any atom is 0.240 e. The van der Waals surface area contributed by atoms with E-state index in [1.807, 2.05) is 19.9 Å². The van der Waals surface area contributed by atoms with Gasteiger partial charge in [0.1, 0.15) is 0 Å². The Balaban J connectivity index is 2.56. The van der Waals surface area contributed by atoms with Crippen molar-refractivity contribution < 1.29 is 17.9 Å². The molecule has 0 aliphatic rings. The third-order valence-corrected chi connectivity index (χ3v) is 4.70. The van der Waals surface area contributed by atoms with Crippen molar-refractivity contribution in [3.8, 4) is 0 Å². The third-order valence-electron chi connectivity index (χ3n) is 3.10. The zero-order chi connectivity index (χ0) is 16.8. The molecule has 0 fully saturated rings. The van der Waals surface area contributed by atoms with E-state index >= 15 is 0 Å². The van der Waals surface area contributed by atoms with E-state index in [1.54, 1.807) is 26.2 Å². The lowest BCUT2D eigenvalue weighted by molar-refractivity contribution is -0.121. The van der Waals surface area contributed by atoms with Gasteiger partial charge in [-0.15, -0.1) is 0 Å². The van der Waals surface area contributed by atoms with Gasteiger partial charge in [0.2, 0.25) is 15.9 Å². The van der Waals surface area contributed by atoms with Gasteiger partial charge < -0.3 is 10.1 Å². The molecule has 0 radical (unpaired) electrons. The Bertz CT molecular complexity index is 614. The van der Waals surface area contributed by atoms with Crippen LogP contribution in [0, 0.1) is 13.8 Å². The molecule has 1 unspecified atom stereocenters. The Morgan fingerprint density at radius 1 is 1.32 bits per heavy atom. The summed E-state index contributed by atoms with van der Waals surface area (Å²) in [4.78, 5) is 11.9. The topological polar surface area (TPSA) is 84.5 Å². The summed E-state index contributed by atoms with van der Waals surface area (Å²) in [5.41, 5.74) is 1.55. The minimum Gasteiger partial charge on any atom is -0.383 e. The highest BCUT2D eigenvalue weighted by Gasteiger charge is 2.17. The van der Waals surface area contributed by atoms with Crippen LogP contribution < -0.4 is 10.0 Å². The van der Waals surface area contributed by atoms with Crippen molar-refractivity contribution >= 4 is 15.9 Å². The van der Waals surface area contributed by atoms with Crippen LogP contribution in [0.2, 0.25) is 0 Å². The molecule has 1 amide bonds. The molecule has 1 aromatic rings. The molecule has 0 aromatic heterocycles. The van der Waals surface area contributed by atoms with Gasteiger partial charge in [0.15, 0.2) is 0 Å².